The van der Waals surface area contributed by atoms with Gasteiger partial charge in [-0.25, -0.2) is 13.4 Å². The van der Waals surface area contributed by atoms with Gasteiger partial charge in [0.05, 0.1) is 16.8 Å². The Bertz CT molecular complexity index is 1370. The van der Waals surface area contributed by atoms with Gasteiger partial charge in [0.25, 0.3) is 0 Å². The third kappa shape index (κ3) is 5.44. The van der Waals surface area contributed by atoms with Crippen molar-refractivity contribution in [3.8, 4) is 11.1 Å². The number of rotatable bonds is 9. The molecular weight excluding hydrogens is 464 g/mol. The molecule has 0 aliphatic carbocycles. The van der Waals surface area contributed by atoms with E-state index in [0.29, 0.717) is 17.1 Å². The van der Waals surface area contributed by atoms with Gasteiger partial charge in [-0.15, -0.1) is 21.5 Å². The quantitative estimate of drug-likeness (QED) is 0.383. The Morgan fingerprint density at radius 3 is 2.67 bits per heavy atom. The minimum atomic E-state index is -3.67. The lowest BCUT2D eigenvalue weighted by atomic mass is 10.1. The van der Waals surface area contributed by atoms with Crippen LogP contribution in [0.1, 0.15) is 29.0 Å². The number of thiazole rings is 1. The lowest BCUT2D eigenvalue weighted by molar-refractivity contribution is -0.125. The van der Waals surface area contributed by atoms with Crippen LogP contribution in [0.4, 0.5) is 0 Å². The molecule has 1 unspecified atom stereocenters. The second-order valence-corrected chi connectivity index (χ2v) is 10.5. The highest BCUT2D eigenvalue weighted by Crippen LogP contribution is 2.36. The topological polar surface area (TPSA) is 124 Å². The van der Waals surface area contributed by atoms with Crippen LogP contribution in [0.25, 0.3) is 21.3 Å². The van der Waals surface area contributed by atoms with Crippen molar-refractivity contribution in [2.45, 2.75) is 18.7 Å². The van der Waals surface area contributed by atoms with E-state index in [9.17, 15) is 13.2 Å². The molecule has 4 aromatic rings. The first-order valence-electron chi connectivity index (χ1n) is 10.2. The number of benzene rings is 2. The summed E-state index contributed by atoms with van der Waals surface area (Å²) in [7, 11) is -3.67. The number of sulfone groups is 1. The average Bonchev–Trinajstić information content (AvgIpc) is 3.42. The Kier molecular flexibility index (Phi) is 6.82. The number of aromatic nitrogens is 3. The zero-order valence-corrected chi connectivity index (χ0v) is 19.6. The third-order valence-electron chi connectivity index (χ3n) is 4.75. The van der Waals surface area contributed by atoms with E-state index < -0.39 is 15.1 Å². The first-order valence-corrected chi connectivity index (χ1v) is 12.9. The summed E-state index contributed by atoms with van der Waals surface area (Å²) in [5, 5.41) is 9.53. The number of nitrogens with one attached hydrogen (secondary N) is 1. The fraction of sp³-hybridized carbons (Fsp3) is 0.273. The van der Waals surface area contributed by atoms with Crippen molar-refractivity contribution in [3.05, 3.63) is 65.3 Å². The molecule has 0 bridgehead atoms. The zero-order valence-electron chi connectivity index (χ0n) is 18.0. The lowest BCUT2D eigenvalue weighted by Gasteiger charge is -2.07. The van der Waals surface area contributed by atoms with E-state index in [1.807, 2.05) is 48.5 Å². The minimum absolute atomic E-state index is 0.0321. The Labute approximate surface area is 194 Å². The molecule has 0 fully saturated rings. The summed E-state index contributed by atoms with van der Waals surface area (Å²) < 4.78 is 36.7. The van der Waals surface area contributed by atoms with E-state index in [1.54, 1.807) is 6.92 Å². The molecule has 1 atom stereocenters. The number of hydrogen-bond donors (Lipinski definition) is 1. The predicted octanol–water partition coefficient (Wildman–Crippen LogP) is 3.13. The summed E-state index contributed by atoms with van der Waals surface area (Å²) in [6, 6.07) is 15.7. The van der Waals surface area contributed by atoms with Crippen molar-refractivity contribution in [1.82, 2.24) is 20.5 Å². The largest absolute Gasteiger partial charge is 0.421 e. The molecule has 2 aromatic heterocycles. The minimum Gasteiger partial charge on any atom is -0.421 e. The highest BCUT2D eigenvalue weighted by atomic mass is 32.2. The van der Waals surface area contributed by atoms with Crippen LogP contribution in [0.3, 0.4) is 0 Å². The van der Waals surface area contributed by atoms with E-state index in [2.05, 4.69) is 20.5 Å². The highest BCUT2D eigenvalue weighted by Gasteiger charge is 2.33. The molecule has 0 spiro atoms. The normalized spacial score (nSPS) is 12.7. The van der Waals surface area contributed by atoms with Gasteiger partial charge in [-0.2, -0.15) is 0 Å². The molecular formula is C22H22N4O5S2. The Morgan fingerprint density at radius 1 is 1.15 bits per heavy atom. The monoisotopic (exact) mass is 486 g/mol. The van der Waals surface area contributed by atoms with Crippen LogP contribution in [0, 0.1) is 0 Å². The zero-order chi connectivity index (χ0) is 23.4. The van der Waals surface area contributed by atoms with Gasteiger partial charge in [0, 0.05) is 12.9 Å². The summed E-state index contributed by atoms with van der Waals surface area (Å²) in [4.78, 5) is 16.2. The first-order chi connectivity index (χ1) is 15.8. The van der Waals surface area contributed by atoms with Crippen molar-refractivity contribution < 1.29 is 22.4 Å². The van der Waals surface area contributed by atoms with E-state index >= 15 is 0 Å². The van der Waals surface area contributed by atoms with E-state index in [1.165, 1.54) is 11.3 Å². The van der Waals surface area contributed by atoms with Crippen LogP contribution >= 0.6 is 11.3 Å². The van der Waals surface area contributed by atoms with Crippen molar-refractivity contribution in [2.75, 3.05) is 19.5 Å². The summed E-state index contributed by atoms with van der Waals surface area (Å²) in [5.41, 5.74) is 2.75. The molecule has 4 rings (SSSR count). The fourth-order valence-electron chi connectivity index (χ4n) is 3.20. The second-order valence-electron chi connectivity index (χ2n) is 7.26. The Morgan fingerprint density at radius 2 is 1.94 bits per heavy atom. The van der Waals surface area contributed by atoms with Crippen molar-refractivity contribution in [3.63, 3.8) is 0 Å². The van der Waals surface area contributed by atoms with Gasteiger partial charge in [0.15, 0.2) is 15.1 Å². The van der Waals surface area contributed by atoms with Crippen LogP contribution in [0.2, 0.25) is 0 Å². The fourth-order valence-corrected chi connectivity index (χ4v) is 5.73. The molecule has 9 nitrogen and oxygen atoms in total. The number of nitrogens with zero attached hydrogens (tertiary/aromatic N) is 3. The van der Waals surface area contributed by atoms with E-state index in [-0.39, 0.29) is 30.8 Å². The molecule has 0 saturated carbocycles. The van der Waals surface area contributed by atoms with Crippen molar-refractivity contribution in [1.29, 1.82) is 0 Å². The average molecular weight is 487 g/mol. The van der Waals surface area contributed by atoms with Gasteiger partial charge in [0.2, 0.25) is 17.7 Å². The number of carbonyl (C=O) groups is 1. The van der Waals surface area contributed by atoms with Crippen LogP contribution in [0.15, 0.2) is 52.9 Å². The first kappa shape index (κ1) is 23.0. The van der Waals surface area contributed by atoms with Crippen LogP contribution in [0.5, 0.6) is 0 Å². The molecule has 11 heteroatoms. The van der Waals surface area contributed by atoms with Gasteiger partial charge >= 0.3 is 0 Å². The third-order valence-corrected chi connectivity index (χ3v) is 7.26. The summed E-state index contributed by atoms with van der Waals surface area (Å²) in [6.45, 7) is 2.09. The van der Waals surface area contributed by atoms with Crippen LogP contribution in [-0.4, -0.2) is 49.0 Å². The smallest absolute Gasteiger partial charge is 0.246 e. The number of fused-ring (bicyclic) bond motifs is 1. The number of carbonyl (C=O) groups excluding carboxylic acids is 1. The summed E-state index contributed by atoms with van der Waals surface area (Å²) in [5.74, 6) is -0.332. The Hall–Kier alpha value is -3.15. The van der Waals surface area contributed by atoms with Gasteiger partial charge in [-0.05, 0) is 30.2 Å². The lowest BCUT2D eigenvalue weighted by Crippen LogP contribution is -2.27. The standard InChI is InChI=1S/C22H22N4O5S2/c1-3-30-13-18(27)23-12-19-25-26-21(31-19)20(33(2,28)29)22-24-16-10-9-15(11-17(16)32-22)14-7-5-4-6-8-14/h4-11,20H,3,12-13H2,1-2H3,(H,23,27). The van der Waals surface area contributed by atoms with Gasteiger partial charge in [0.1, 0.15) is 11.6 Å². The maximum atomic E-state index is 12.6. The summed E-state index contributed by atoms with van der Waals surface area (Å²) >= 11 is 1.27. The molecule has 1 N–H and O–H groups in total. The molecule has 172 valence electrons. The van der Waals surface area contributed by atoms with Crippen LogP contribution in [-0.2, 0) is 25.9 Å². The van der Waals surface area contributed by atoms with Gasteiger partial charge in [-0.3, -0.25) is 4.79 Å². The van der Waals surface area contributed by atoms with Gasteiger partial charge < -0.3 is 14.5 Å². The summed E-state index contributed by atoms with van der Waals surface area (Å²) in [6.07, 6.45) is 1.10. The maximum absolute atomic E-state index is 12.6. The molecule has 0 aliphatic rings. The molecule has 0 aliphatic heterocycles. The highest BCUT2D eigenvalue weighted by molar-refractivity contribution is 7.91. The molecule has 2 aromatic carbocycles. The molecule has 0 saturated heterocycles. The maximum Gasteiger partial charge on any atom is 0.246 e. The van der Waals surface area contributed by atoms with E-state index in [4.69, 9.17) is 9.15 Å². The SMILES string of the molecule is CCOCC(=O)NCc1nnc(C(c2nc3ccc(-c4ccccc4)cc3s2)S(C)(=O)=O)o1. The van der Waals surface area contributed by atoms with Crippen molar-refractivity contribution >= 4 is 37.3 Å². The second kappa shape index (κ2) is 9.77. The molecule has 0 radical (unpaired) electrons. The van der Waals surface area contributed by atoms with Gasteiger partial charge in [-0.1, -0.05) is 36.4 Å². The number of amides is 1. The van der Waals surface area contributed by atoms with Crippen LogP contribution < -0.4 is 5.32 Å². The predicted molar refractivity (Wildman–Crippen MR) is 124 cm³/mol. The molecule has 1 amide bonds. The molecule has 2 heterocycles. The Balaban J connectivity index is 1.61. The number of ether oxygens (including phenoxy) is 1. The van der Waals surface area contributed by atoms with Crippen molar-refractivity contribution in [2.24, 2.45) is 0 Å². The van der Waals surface area contributed by atoms with E-state index in [0.717, 1.165) is 22.1 Å². The number of hydrogen-bond acceptors (Lipinski definition) is 9. The molecule has 33 heavy (non-hydrogen) atoms.